The number of hydrogen-bond donors (Lipinski definition) is 1. The van der Waals surface area contributed by atoms with E-state index in [1.165, 1.54) is 25.9 Å². The molecule has 1 N–H and O–H groups in total. The second-order valence-corrected chi connectivity index (χ2v) is 5.70. The molecule has 0 saturated carbocycles. The lowest BCUT2D eigenvalue weighted by Crippen LogP contribution is -2.24. The molecule has 0 aliphatic carbocycles. The minimum Gasteiger partial charge on any atom is -0.375 e. The highest BCUT2D eigenvalue weighted by molar-refractivity contribution is 5.24. The summed E-state index contributed by atoms with van der Waals surface area (Å²) >= 11 is 0. The van der Waals surface area contributed by atoms with Crippen LogP contribution < -0.4 is 5.32 Å². The molecule has 3 nitrogen and oxygen atoms in total. The maximum Gasteiger partial charge on any atom is 0.128 e. The molecule has 21 heavy (non-hydrogen) atoms. The van der Waals surface area contributed by atoms with Gasteiger partial charge in [0.25, 0.3) is 0 Å². The highest BCUT2D eigenvalue weighted by Gasteiger charge is 2.11. The van der Waals surface area contributed by atoms with Crippen molar-refractivity contribution < 1.29 is 9.13 Å². The SMILES string of the molecule is CCCNCc1ccc(F)c(COCCN2CCCC2)c1. The van der Waals surface area contributed by atoms with E-state index in [0.717, 1.165) is 31.6 Å². The van der Waals surface area contributed by atoms with E-state index in [1.807, 2.05) is 12.1 Å². The van der Waals surface area contributed by atoms with Crippen LogP contribution in [0.1, 0.15) is 37.3 Å². The molecule has 4 heteroatoms. The monoisotopic (exact) mass is 294 g/mol. The zero-order valence-electron chi connectivity index (χ0n) is 13.0. The van der Waals surface area contributed by atoms with E-state index in [-0.39, 0.29) is 5.82 Å². The molecular formula is C17H27FN2O. The lowest BCUT2D eigenvalue weighted by atomic mass is 10.1. The Labute approximate surface area is 127 Å². The third kappa shape index (κ3) is 5.73. The first-order valence-corrected chi connectivity index (χ1v) is 8.07. The van der Waals surface area contributed by atoms with Gasteiger partial charge in [-0.1, -0.05) is 13.0 Å². The Balaban J connectivity index is 1.74. The van der Waals surface area contributed by atoms with Crippen LogP contribution in [-0.2, 0) is 17.9 Å². The van der Waals surface area contributed by atoms with Gasteiger partial charge in [-0.25, -0.2) is 4.39 Å². The van der Waals surface area contributed by atoms with E-state index < -0.39 is 0 Å². The number of nitrogens with one attached hydrogen (secondary N) is 1. The molecule has 1 aromatic carbocycles. The van der Waals surface area contributed by atoms with E-state index in [1.54, 1.807) is 6.07 Å². The largest absolute Gasteiger partial charge is 0.375 e. The molecule has 0 bridgehead atoms. The Bertz CT molecular complexity index is 419. The first kappa shape index (κ1) is 16.4. The average molecular weight is 294 g/mol. The van der Waals surface area contributed by atoms with E-state index in [0.29, 0.717) is 18.8 Å². The molecule has 118 valence electrons. The fourth-order valence-corrected chi connectivity index (χ4v) is 2.64. The summed E-state index contributed by atoms with van der Waals surface area (Å²) in [4.78, 5) is 2.40. The maximum absolute atomic E-state index is 13.8. The summed E-state index contributed by atoms with van der Waals surface area (Å²) in [5.74, 6) is -0.171. The average Bonchev–Trinajstić information content (AvgIpc) is 3.00. The molecule has 1 aromatic rings. The number of benzene rings is 1. The van der Waals surface area contributed by atoms with Crippen LogP contribution in [0.3, 0.4) is 0 Å². The van der Waals surface area contributed by atoms with Crippen LogP contribution in [-0.4, -0.2) is 37.7 Å². The van der Waals surface area contributed by atoms with Gasteiger partial charge in [0.05, 0.1) is 13.2 Å². The third-order valence-corrected chi connectivity index (χ3v) is 3.87. The van der Waals surface area contributed by atoms with Gasteiger partial charge in [0.15, 0.2) is 0 Å². The summed E-state index contributed by atoms with van der Waals surface area (Å²) in [6.45, 7) is 8.26. The summed E-state index contributed by atoms with van der Waals surface area (Å²) in [6, 6.07) is 5.29. The number of hydrogen-bond acceptors (Lipinski definition) is 3. The number of likely N-dealkylation sites (tertiary alicyclic amines) is 1. The van der Waals surface area contributed by atoms with Gasteiger partial charge in [-0.3, -0.25) is 0 Å². The van der Waals surface area contributed by atoms with Gasteiger partial charge in [-0.2, -0.15) is 0 Å². The second-order valence-electron chi connectivity index (χ2n) is 5.70. The minimum atomic E-state index is -0.171. The zero-order chi connectivity index (χ0) is 14.9. The van der Waals surface area contributed by atoms with Gasteiger partial charge in [-0.15, -0.1) is 0 Å². The lowest BCUT2D eigenvalue weighted by molar-refractivity contribution is 0.0973. The topological polar surface area (TPSA) is 24.5 Å². The quantitative estimate of drug-likeness (QED) is 0.709. The zero-order valence-corrected chi connectivity index (χ0v) is 13.0. The highest BCUT2D eigenvalue weighted by Crippen LogP contribution is 2.12. The van der Waals surface area contributed by atoms with Crippen molar-refractivity contribution in [3.05, 3.63) is 35.1 Å². The Hall–Kier alpha value is -0.970. The molecule has 0 amide bonds. The molecule has 1 heterocycles. The lowest BCUT2D eigenvalue weighted by Gasteiger charge is -2.14. The van der Waals surface area contributed by atoms with Crippen LogP contribution in [0.5, 0.6) is 0 Å². The minimum absolute atomic E-state index is 0.171. The molecule has 2 rings (SSSR count). The molecule has 0 unspecified atom stereocenters. The third-order valence-electron chi connectivity index (χ3n) is 3.87. The highest BCUT2D eigenvalue weighted by atomic mass is 19.1. The standard InChI is InChI=1S/C17H27FN2O/c1-2-7-19-13-15-5-6-17(18)16(12-15)14-21-11-10-20-8-3-4-9-20/h5-6,12,19H,2-4,7-11,13-14H2,1H3. The molecule has 1 aliphatic heterocycles. The Morgan fingerprint density at radius 2 is 2.10 bits per heavy atom. The van der Waals surface area contributed by atoms with Crippen LogP contribution in [0.4, 0.5) is 4.39 Å². The molecule has 0 spiro atoms. The molecular weight excluding hydrogens is 267 g/mol. The fourth-order valence-electron chi connectivity index (χ4n) is 2.64. The van der Waals surface area contributed by atoms with Crippen LogP contribution in [0.25, 0.3) is 0 Å². The van der Waals surface area contributed by atoms with Crippen molar-refractivity contribution in [1.29, 1.82) is 0 Å². The van der Waals surface area contributed by atoms with Gasteiger partial charge in [-0.05, 0) is 56.6 Å². The second kappa shape index (κ2) is 9.13. The van der Waals surface area contributed by atoms with Crippen molar-refractivity contribution in [2.45, 2.75) is 39.3 Å². The molecule has 1 saturated heterocycles. The summed E-state index contributed by atoms with van der Waals surface area (Å²) in [7, 11) is 0. The van der Waals surface area contributed by atoms with Crippen molar-refractivity contribution in [2.24, 2.45) is 0 Å². The summed E-state index contributed by atoms with van der Waals surface area (Å²) in [6.07, 6.45) is 3.69. The van der Waals surface area contributed by atoms with E-state index in [2.05, 4.69) is 17.1 Å². The number of rotatable bonds is 9. The number of halogens is 1. The summed E-state index contributed by atoms with van der Waals surface area (Å²) in [5.41, 5.74) is 1.77. The predicted molar refractivity (Wildman–Crippen MR) is 83.7 cm³/mol. The Kier molecular flexibility index (Phi) is 7.13. The van der Waals surface area contributed by atoms with Gasteiger partial charge in [0.1, 0.15) is 5.82 Å². The van der Waals surface area contributed by atoms with Crippen LogP contribution >= 0.6 is 0 Å². The van der Waals surface area contributed by atoms with Crippen molar-refractivity contribution in [1.82, 2.24) is 10.2 Å². The summed E-state index contributed by atoms with van der Waals surface area (Å²) < 4.78 is 19.4. The van der Waals surface area contributed by atoms with Crippen molar-refractivity contribution in [3.63, 3.8) is 0 Å². The van der Waals surface area contributed by atoms with Crippen molar-refractivity contribution >= 4 is 0 Å². The van der Waals surface area contributed by atoms with E-state index in [9.17, 15) is 4.39 Å². The molecule has 0 radical (unpaired) electrons. The predicted octanol–water partition coefficient (Wildman–Crippen LogP) is 2.94. The van der Waals surface area contributed by atoms with Crippen LogP contribution in [0.15, 0.2) is 18.2 Å². The molecule has 0 aromatic heterocycles. The first-order chi connectivity index (χ1) is 10.3. The van der Waals surface area contributed by atoms with Gasteiger partial charge < -0.3 is 15.0 Å². The Morgan fingerprint density at radius 1 is 1.29 bits per heavy atom. The van der Waals surface area contributed by atoms with Crippen LogP contribution in [0.2, 0.25) is 0 Å². The first-order valence-electron chi connectivity index (χ1n) is 8.07. The van der Waals surface area contributed by atoms with E-state index >= 15 is 0 Å². The van der Waals surface area contributed by atoms with Crippen molar-refractivity contribution in [3.8, 4) is 0 Å². The normalized spacial score (nSPS) is 15.7. The number of nitrogens with zero attached hydrogens (tertiary/aromatic N) is 1. The van der Waals surface area contributed by atoms with Gasteiger partial charge >= 0.3 is 0 Å². The van der Waals surface area contributed by atoms with Crippen molar-refractivity contribution in [2.75, 3.05) is 32.8 Å². The summed E-state index contributed by atoms with van der Waals surface area (Å²) in [5, 5.41) is 3.33. The molecule has 0 atom stereocenters. The fraction of sp³-hybridized carbons (Fsp3) is 0.647. The van der Waals surface area contributed by atoms with E-state index in [4.69, 9.17) is 4.74 Å². The molecule has 1 aliphatic rings. The maximum atomic E-state index is 13.8. The van der Waals surface area contributed by atoms with Crippen LogP contribution in [0, 0.1) is 5.82 Å². The van der Waals surface area contributed by atoms with Gasteiger partial charge in [0, 0.05) is 18.7 Å². The molecule has 1 fully saturated rings. The Morgan fingerprint density at radius 3 is 2.86 bits per heavy atom. The number of ether oxygens (including phenoxy) is 1. The van der Waals surface area contributed by atoms with Gasteiger partial charge in [0.2, 0.25) is 0 Å². The smallest absolute Gasteiger partial charge is 0.128 e.